The Hall–Kier alpha value is -2.20. The van der Waals surface area contributed by atoms with Crippen LogP contribution in [0.5, 0.6) is 0 Å². The van der Waals surface area contributed by atoms with Crippen LogP contribution in [0.15, 0.2) is 54.7 Å². The lowest BCUT2D eigenvalue weighted by Crippen LogP contribution is -2.28. The topological polar surface area (TPSA) is 68.0 Å². The van der Waals surface area contributed by atoms with Gasteiger partial charge in [0.05, 0.1) is 6.42 Å². The number of carbonyl (C=O) groups excluding carboxylic acids is 1. The van der Waals surface area contributed by atoms with E-state index in [0.29, 0.717) is 13.0 Å². The Morgan fingerprint density at radius 2 is 1.90 bits per heavy atom. The van der Waals surface area contributed by atoms with Crippen molar-refractivity contribution in [1.82, 2.24) is 10.3 Å². The monoisotopic (exact) mass is 269 g/mol. The quantitative estimate of drug-likeness (QED) is 0.840. The van der Waals surface area contributed by atoms with Crippen molar-refractivity contribution in [3.63, 3.8) is 0 Å². The van der Waals surface area contributed by atoms with E-state index in [1.807, 2.05) is 48.5 Å². The molecule has 4 nitrogen and oxygen atoms in total. The summed E-state index contributed by atoms with van der Waals surface area (Å²) in [6.07, 6.45) is 2.72. The number of hydrogen-bond donors (Lipinski definition) is 2. The first-order valence-electron chi connectivity index (χ1n) is 6.73. The summed E-state index contributed by atoms with van der Waals surface area (Å²) in [7, 11) is 0. The number of hydrogen-bond acceptors (Lipinski definition) is 3. The van der Waals surface area contributed by atoms with E-state index in [4.69, 9.17) is 5.73 Å². The highest BCUT2D eigenvalue weighted by Gasteiger charge is 2.07. The van der Waals surface area contributed by atoms with Crippen LogP contribution in [-0.2, 0) is 11.2 Å². The Balaban J connectivity index is 1.72. The lowest BCUT2D eigenvalue weighted by atomic mass is 10.1. The van der Waals surface area contributed by atoms with Crippen molar-refractivity contribution in [2.24, 2.45) is 5.73 Å². The molecule has 0 saturated heterocycles. The van der Waals surface area contributed by atoms with Crippen molar-refractivity contribution in [3.8, 4) is 0 Å². The summed E-state index contributed by atoms with van der Waals surface area (Å²) >= 11 is 0. The Morgan fingerprint density at radius 3 is 2.60 bits per heavy atom. The summed E-state index contributed by atoms with van der Waals surface area (Å²) in [6, 6.07) is 15.4. The van der Waals surface area contributed by atoms with Gasteiger partial charge in [-0.25, -0.2) is 0 Å². The minimum absolute atomic E-state index is 0.0241. The minimum Gasteiger partial charge on any atom is -0.356 e. The van der Waals surface area contributed by atoms with Crippen LogP contribution in [0.4, 0.5) is 0 Å². The predicted molar refractivity (Wildman–Crippen MR) is 78.9 cm³/mol. The summed E-state index contributed by atoms with van der Waals surface area (Å²) < 4.78 is 0. The second-order valence-corrected chi connectivity index (χ2v) is 4.65. The van der Waals surface area contributed by atoms with E-state index in [9.17, 15) is 4.79 Å². The molecule has 1 heterocycles. The van der Waals surface area contributed by atoms with Gasteiger partial charge in [0.25, 0.3) is 0 Å². The normalized spacial score (nSPS) is 11.8. The van der Waals surface area contributed by atoms with Crippen molar-refractivity contribution >= 4 is 5.91 Å². The first-order chi connectivity index (χ1) is 9.75. The van der Waals surface area contributed by atoms with Crippen LogP contribution in [0.3, 0.4) is 0 Å². The Labute approximate surface area is 119 Å². The molecular weight excluding hydrogens is 250 g/mol. The summed E-state index contributed by atoms with van der Waals surface area (Å²) in [6.45, 7) is 0.571. The van der Waals surface area contributed by atoms with E-state index in [1.165, 1.54) is 0 Å². The molecule has 0 aliphatic heterocycles. The highest BCUT2D eigenvalue weighted by molar-refractivity contribution is 5.78. The molecule has 20 heavy (non-hydrogen) atoms. The SMILES string of the molecule is NC(CCNC(=O)Cc1ccccn1)c1ccccc1. The molecule has 0 aliphatic carbocycles. The zero-order valence-electron chi connectivity index (χ0n) is 11.3. The van der Waals surface area contributed by atoms with Gasteiger partial charge in [-0.2, -0.15) is 0 Å². The Bertz CT molecular complexity index is 528. The van der Waals surface area contributed by atoms with Crippen molar-refractivity contribution in [2.75, 3.05) is 6.54 Å². The molecule has 2 rings (SSSR count). The average Bonchev–Trinajstić information content (AvgIpc) is 2.49. The molecule has 0 fully saturated rings. The maximum Gasteiger partial charge on any atom is 0.226 e. The van der Waals surface area contributed by atoms with Crippen molar-refractivity contribution in [1.29, 1.82) is 0 Å². The van der Waals surface area contributed by atoms with Crippen LogP contribution >= 0.6 is 0 Å². The van der Waals surface area contributed by atoms with E-state index in [2.05, 4.69) is 10.3 Å². The second-order valence-electron chi connectivity index (χ2n) is 4.65. The summed E-state index contributed by atoms with van der Waals surface area (Å²) in [5.41, 5.74) is 7.93. The van der Waals surface area contributed by atoms with Crippen LogP contribution in [0.1, 0.15) is 23.7 Å². The van der Waals surface area contributed by atoms with Gasteiger partial charge in [-0.05, 0) is 24.1 Å². The van der Waals surface area contributed by atoms with Crippen LogP contribution in [-0.4, -0.2) is 17.4 Å². The molecule has 0 radical (unpaired) electrons. The minimum atomic E-state index is -0.0497. The molecule has 104 valence electrons. The molecule has 4 heteroatoms. The maximum absolute atomic E-state index is 11.7. The number of pyridine rings is 1. The first kappa shape index (κ1) is 14.2. The number of rotatable bonds is 6. The van der Waals surface area contributed by atoms with Gasteiger partial charge in [0.15, 0.2) is 0 Å². The number of amides is 1. The third-order valence-electron chi connectivity index (χ3n) is 3.07. The van der Waals surface area contributed by atoms with Crippen LogP contribution in [0, 0.1) is 0 Å². The molecule has 0 spiro atoms. The molecular formula is C16H19N3O. The fourth-order valence-electron chi connectivity index (χ4n) is 1.96. The predicted octanol–water partition coefficient (Wildman–Crippen LogP) is 1.83. The first-order valence-corrected chi connectivity index (χ1v) is 6.73. The Kier molecular flexibility index (Phi) is 5.26. The van der Waals surface area contributed by atoms with Crippen LogP contribution in [0.2, 0.25) is 0 Å². The van der Waals surface area contributed by atoms with Gasteiger partial charge in [-0.3, -0.25) is 9.78 Å². The third kappa shape index (κ3) is 4.48. The maximum atomic E-state index is 11.7. The zero-order chi connectivity index (χ0) is 14.2. The van der Waals surface area contributed by atoms with E-state index in [-0.39, 0.29) is 11.9 Å². The number of nitrogens with one attached hydrogen (secondary N) is 1. The van der Waals surface area contributed by atoms with Crippen LogP contribution < -0.4 is 11.1 Å². The third-order valence-corrected chi connectivity index (χ3v) is 3.07. The molecule has 1 aromatic heterocycles. The number of nitrogens with two attached hydrogens (primary N) is 1. The Morgan fingerprint density at radius 1 is 1.15 bits per heavy atom. The summed E-state index contributed by atoms with van der Waals surface area (Å²) in [5.74, 6) is -0.0241. The van der Waals surface area contributed by atoms with Crippen LogP contribution in [0.25, 0.3) is 0 Å². The van der Waals surface area contributed by atoms with E-state index in [1.54, 1.807) is 6.20 Å². The van der Waals surface area contributed by atoms with E-state index < -0.39 is 0 Å². The lowest BCUT2D eigenvalue weighted by molar-refractivity contribution is -0.120. The van der Waals surface area contributed by atoms with Gasteiger partial charge >= 0.3 is 0 Å². The molecule has 1 atom stereocenters. The molecule has 3 N–H and O–H groups in total. The molecule has 0 bridgehead atoms. The van der Waals surface area contributed by atoms with Gasteiger partial charge in [0.1, 0.15) is 0 Å². The largest absolute Gasteiger partial charge is 0.356 e. The highest BCUT2D eigenvalue weighted by Crippen LogP contribution is 2.12. The van der Waals surface area contributed by atoms with Crippen molar-refractivity contribution in [2.45, 2.75) is 18.9 Å². The fraction of sp³-hybridized carbons (Fsp3) is 0.250. The van der Waals surface area contributed by atoms with Crippen molar-refractivity contribution in [3.05, 3.63) is 66.0 Å². The number of benzene rings is 1. The molecule has 1 amide bonds. The molecule has 1 unspecified atom stereocenters. The number of nitrogens with zero attached hydrogens (tertiary/aromatic N) is 1. The van der Waals surface area contributed by atoms with Gasteiger partial charge in [0, 0.05) is 24.5 Å². The fourth-order valence-corrected chi connectivity index (χ4v) is 1.96. The number of aromatic nitrogens is 1. The van der Waals surface area contributed by atoms with Gasteiger partial charge in [-0.15, -0.1) is 0 Å². The van der Waals surface area contributed by atoms with Gasteiger partial charge in [0.2, 0.25) is 5.91 Å². The molecule has 2 aromatic rings. The summed E-state index contributed by atoms with van der Waals surface area (Å²) in [5, 5.41) is 2.87. The van der Waals surface area contributed by atoms with Gasteiger partial charge in [-0.1, -0.05) is 36.4 Å². The highest BCUT2D eigenvalue weighted by atomic mass is 16.1. The van der Waals surface area contributed by atoms with E-state index >= 15 is 0 Å². The second kappa shape index (κ2) is 7.40. The van der Waals surface area contributed by atoms with Crippen molar-refractivity contribution < 1.29 is 4.79 Å². The molecule has 0 saturated carbocycles. The standard InChI is InChI=1S/C16H19N3O/c17-15(13-6-2-1-3-7-13)9-11-19-16(20)12-14-8-4-5-10-18-14/h1-8,10,15H,9,11-12,17H2,(H,19,20). The molecule has 0 aliphatic rings. The zero-order valence-corrected chi connectivity index (χ0v) is 11.3. The molecule has 1 aromatic carbocycles. The lowest BCUT2D eigenvalue weighted by Gasteiger charge is -2.12. The smallest absolute Gasteiger partial charge is 0.226 e. The van der Waals surface area contributed by atoms with Gasteiger partial charge < -0.3 is 11.1 Å². The summed E-state index contributed by atoms with van der Waals surface area (Å²) in [4.78, 5) is 15.9. The number of carbonyl (C=O) groups is 1. The van der Waals surface area contributed by atoms with E-state index in [0.717, 1.165) is 17.7 Å². The average molecular weight is 269 g/mol.